The summed E-state index contributed by atoms with van der Waals surface area (Å²) in [5, 5.41) is 5.62. The minimum absolute atomic E-state index is 0.215. The van der Waals surface area contributed by atoms with Crippen molar-refractivity contribution in [3.05, 3.63) is 56.5 Å². The van der Waals surface area contributed by atoms with Crippen LogP contribution in [0.1, 0.15) is 22.9 Å². The summed E-state index contributed by atoms with van der Waals surface area (Å²) in [5.74, 6) is -0.360. The molecule has 0 unspecified atom stereocenters. The molecule has 1 nitrogen and oxygen atoms in total. The van der Waals surface area contributed by atoms with E-state index in [2.05, 4.69) is 23.7 Å². The van der Waals surface area contributed by atoms with Gasteiger partial charge in [-0.2, -0.15) is 0 Å². The Bertz CT molecular complexity index is 524. The van der Waals surface area contributed by atoms with E-state index in [0.717, 1.165) is 18.5 Å². The topological polar surface area (TPSA) is 12.0 Å². The summed E-state index contributed by atoms with van der Waals surface area (Å²) in [6.07, 6.45) is 1.04. The van der Waals surface area contributed by atoms with Crippen molar-refractivity contribution in [2.45, 2.75) is 26.4 Å². The second-order valence-corrected chi connectivity index (χ2v) is 5.42. The van der Waals surface area contributed by atoms with Crippen LogP contribution in [0, 0.1) is 5.82 Å². The Morgan fingerprint density at radius 2 is 2.06 bits per heavy atom. The molecule has 2 aromatic rings. The molecule has 0 aliphatic carbocycles. The van der Waals surface area contributed by atoms with E-state index < -0.39 is 0 Å². The molecule has 96 valence electrons. The molecule has 0 atom stereocenters. The van der Waals surface area contributed by atoms with Crippen LogP contribution in [0.25, 0.3) is 0 Å². The third-order valence-corrected chi connectivity index (χ3v) is 4.24. The molecule has 1 N–H and O–H groups in total. The smallest absolute Gasteiger partial charge is 0.142 e. The summed E-state index contributed by atoms with van der Waals surface area (Å²) in [7, 11) is 0. The molecular formula is C14H15ClFNS. The molecule has 0 fully saturated rings. The number of rotatable bonds is 5. The molecule has 0 amide bonds. The number of benzene rings is 1. The van der Waals surface area contributed by atoms with Gasteiger partial charge in [0.25, 0.3) is 0 Å². The number of nitrogens with one attached hydrogen (secondary N) is 1. The summed E-state index contributed by atoms with van der Waals surface area (Å²) >= 11 is 7.65. The van der Waals surface area contributed by atoms with Gasteiger partial charge in [-0.25, -0.2) is 4.39 Å². The van der Waals surface area contributed by atoms with Crippen molar-refractivity contribution in [1.29, 1.82) is 0 Å². The van der Waals surface area contributed by atoms with Gasteiger partial charge in [0.15, 0.2) is 0 Å². The summed E-state index contributed by atoms with van der Waals surface area (Å²) in [6, 6.07) is 7.05. The third-order valence-electron chi connectivity index (χ3n) is 2.85. The van der Waals surface area contributed by atoms with Crippen molar-refractivity contribution < 1.29 is 4.39 Å². The largest absolute Gasteiger partial charge is 0.308 e. The van der Waals surface area contributed by atoms with E-state index in [4.69, 9.17) is 11.6 Å². The van der Waals surface area contributed by atoms with Gasteiger partial charge in [-0.15, -0.1) is 11.3 Å². The van der Waals surface area contributed by atoms with Gasteiger partial charge in [-0.3, -0.25) is 0 Å². The molecule has 0 radical (unpaired) electrons. The van der Waals surface area contributed by atoms with Gasteiger partial charge in [0.2, 0.25) is 0 Å². The quantitative estimate of drug-likeness (QED) is 0.858. The van der Waals surface area contributed by atoms with Crippen LogP contribution in [0.15, 0.2) is 29.6 Å². The Balaban J connectivity index is 1.94. The number of hydrogen-bond donors (Lipinski definition) is 1. The molecule has 0 bridgehead atoms. The zero-order chi connectivity index (χ0) is 13.0. The predicted octanol–water partition coefficient (Wildman–Crippen LogP) is 4.39. The maximum absolute atomic E-state index is 13.2. The standard InChI is InChI=1S/C14H15ClFNS/c1-2-10-6-7-18-13(10)9-17-8-11-4-3-5-12(16)14(11)15/h3-7,17H,2,8-9H2,1H3. The first kappa shape index (κ1) is 13.5. The van der Waals surface area contributed by atoms with Gasteiger partial charge in [-0.1, -0.05) is 30.7 Å². The van der Waals surface area contributed by atoms with E-state index in [1.165, 1.54) is 16.5 Å². The molecule has 4 heteroatoms. The van der Waals surface area contributed by atoms with E-state index in [1.807, 2.05) is 6.07 Å². The molecule has 0 saturated heterocycles. The lowest BCUT2D eigenvalue weighted by atomic mass is 10.2. The second-order valence-electron chi connectivity index (χ2n) is 4.04. The fourth-order valence-corrected chi connectivity index (χ4v) is 2.97. The van der Waals surface area contributed by atoms with Crippen molar-refractivity contribution in [3.8, 4) is 0 Å². The van der Waals surface area contributed by atoms with E-state index in [-0.39, 0.29) is 10.8 Å². The zero-order valence-electron chi connectivity index (χ0n) is 10.2. The maximum Gasteiger partial charge on any atom is 0.142 e. The summed E-state index contributed by atoms with van der Waals surface area (Å²) in [4.78, 5) is 1.34. The molecule has 1 aromatic carbocycles. The number of hydrogen-bond acceptors (Lipinski definition) is 2. The zero-order valence-corrected chi connectivity index (χ0v) is 11.7. The van der Waals surface area contributed by atoms with Gasteiger partial charge in [-0.05, 0) is 35.1 Å². The SMILES string of the molecule is CCc1ccsc1CNCc1cccc(F)c1Cl. The highest BCUT2D eigenvalue weighted by Crippen LogP contribution is 2.20. The highest BCUT2D eigenvalue weighted by molar-refractivity contribution is 7.10. The lowest BCUT2D eigenvalue weighted by Gasteiger charge is -2.07. The minimum atomic E-state index is -0.360. The van der Waals surface area contributed by atoms with Gasteiger partial charge >= 0.3 is 0 Å². The van der Waals surface area contributed by atoms with Crippen molar-refractivity contribution in [3.63, 3.8) is 0 Å². The van der Waals surface area contributed by atoms with Crippen LogP contribution in [0.4, 0.5) is 4.39 Å². The van der Waals surface area contributed by atoms with E-state index in [1.54, 1.807) is 17.4 Å². The van der Waals surface area contributed by atoms with Crippen LogP contribution >= 0.6 is 22.9 Å². The van der Waals surface area contributed by atoms with Gasteiger partial charge in [0.05, 0.1) is 5.02 Å². The Labute approximate surface area is 116 Å². The molecule has 0 spiro atoms. The molecular weight excluding hydrogens is 269 g/mol. The van der Waals surface area contributed by atoms with E-state index in [9.17, 15) is 4.39 Å². The Kier molecular flexibility index (Phi) is 4.75. The van der Waals surface area contributed by atoms with E-state index in [0.29, 0.717) is 6.54 Å². The van der Waals surface area contributed by atoms with Crippen molar-refractivity contribution >= 4 is 22.9 Å². The normalized spacial score (nSPS) is 10.8. The Morgan fingerprint density at radius 1 is 1.22 bits per heavy atom. The van der Waals surface area contributed by atoms with Crippen LogP contribution < -0.4 is 5.32 Å². The second kappa shape index (κ2) is 6.32. The fraction of sp³-hybridized carbons (Fsp3) is 0.286. The average molecular weight is 284 g/mol. The van der Waals surface area contributed by atoms with E-state index >= 15 is 0 Å². The van der Waals surface area contributed by atoms with Crippen molar-refractivity contribution in [2.75, 3.05) is 0 Å². The fourth-order valence-electron chi connectivity index (χ4n) is 1.83. The summed E-state index contributed by atoms with van der Waals surface area (Å²) in [5.41, 5.74) is 2.17. The summed E-state index contributed by atoms with van der Waals surface area (Å²) < 4.78 is 13.2. The average Bonchev–Trinajstić information content (AvgIpc) is 2.82. The van der Waals surface area contributed by atoms with Crippen LogP contribution in [0.3, 0.4) is 0 Å². The van der Waals surface area contributed by atoms with Gasteiger partial charge in [0.1, 0.15) is 5.82 Å². The first-order chi connectivity index (χ1) is 8.72. The van der Waals surface area contributed by atoms with Crippen molar-refractivity contribution in [2.24, 2.45) is 0 Å². The number of aryl methyl sites for hydroxylation is 1. The molecule has 1 aromatic heterocycles. The molecule has 0 saturated carbocycles. The molecule has 2 rings (SSSR count). The highest BCUT2D eigenvalue weighted by Gasteiger charge is 2.06. The number of halogens is 2. The van der Waals surface area contributed by atoms with Gasteiger partial charge < -0.3 is 5.32 Å². The first-order valence-corrected chi connectivity index (χ1v) is 7.17. The predicted molar refractivity (Wildman–Crippen MR) is 75.7 cm³/mol. The summed E-state index contributed by atoms with van der Waals surface area (Å²) in [6.45, 7) is 3.53. The first-order valence-electron chi connectivity index (χ1n) is 5.91. The molecule has 18 heavy (non-hydrogen) atoms. The molecule has 1 heterocycles. The van der Waals surface area contributed by atoms with Crippen LogP contribution in [0.5, 0.6) is 0 Å². The highest BCUT2D eigenvalue weighted by atomic mass is 35.5. The minimum Gasteiger partial charge on any atom is -0.308 e. The molecule has 0 aliphatic heterocycles. The lowest BCUT2D eigenvalue weighted by Crippen LogP contribution is -2.13. The van der Waals surface area contributed by atoms with Crippen LogP contribution in [0.2, 0.25) is 5.02 Å². The van der Waals surface area contributed by atoms with Crippen molar-refractivity contribution in [1.82, 2.24) is 5.32 Å². The van der Waals surface area contributed by atoms with Gasteiger partial charge in [0, 0.05) is 18.0 Å². The van der Waals surface area contributed by atoms with Crippen LogP contribution in [-0.4, -0.2) is 0 Å². The Hall–Kier alpha value is -0.900. The third kappa shape index (κ3) is 3.10. The monoisotopic (exact) mass is 283 g/mol. The van der Waals surface area contributed by atoms with Crippen LogP contribution in [-0.2, 0) is 19.5 Å². The Morgan fingerprint density at radius 3 is 2.83 bits per heavy atom. The number of thiophene rings is 1. The molecule has 0 aliphatic rings. The lowest BCUT2D eigenvalue weighted by molar-refractivity contribution is 0.621. The maximum atomic E-state index is 13.2.